The van der Waals surface area contributed by atoms with Gasteiger partial charge < -0.3 is 10.4 Å². The average molecular weight is 239 g/mol. The molecule has 0 aromatic heterocycles. The average Bonchev–Trinajstić information content (AvgIpc) is 3.08. The molecule has 0 heterocycles. The molecule has 0 radical (unpaired) electrons. The van der Waals surface area contributed by atoms with Crippen LogP contribution in [0.5, 0.6) is 0 Å². The third-order valence-electron chi connectivity index (χ3n) is 4.19. The molecule has 2 saturated carbocycles. The monoisotopic (exact) mass is 239 g/mol. The van der Waals surface area contributed by atoms with Crippen molar-refractivity contribution in [3.8, 4) is 0 Å². The Morgan fingerprint density at radius 3 is 2.47 bits per heavy atom. The topological polar surface area (TPSA) is 66.4 Å². The van der Waals surface area contributed by atoms with E-state index in [1.54, 1.807) is 0 Å². The number of rotatable bonds is 4. The summed E-state index contributed by atoms with van der Waals surface area (Å²) >= 11 is 0. The van der Waals surface area contributed by atoms with Crippen molar-refractivity contribution in [1.82, 2.24) is 5.32 Å². The fourth-order valence-corrected chi connectivity index (χ4v) is 2.88. The second kappa shape index (κ2) is 5.07. The molecule has 1 amide bonds. The van der Waals surface area contributed by atoms with Crippen LogP contribution < -0.4 is 5.32 Å². The first kappa shape index (κ1) is 12.4. The fraction of sp³-hybridized carbons (Fsp3) is 0.846. The number of carbonyl (C=O) groups excluding carboxylic acids is 1. The number of hydrogen-bond donors (Lipinski definition) is 2. The molecule has 4 heteroatoms. The Balaban J connectivity index is 1.75. The van der Waals surface area contributed by atoms with Crippen molar-refractivity contribution < 1.29 is 14.7 Å². The quantitative estimate of drug-likeness (QED) is 0.735. The van der Waals surface area contributed by atoms with Gasteiger partial charge in [0.05, 0.1) is 0 Å². The lowest BCUT2D eigenvalue weighted by Gasteiger charge is -2.21. The van der Waals surface area contributed by atoms with Crippen LogP contribution in [0.3, 0.4) is 0 Å². The van der Waals surface area contributed by atoms with Crippen LogP contribution in [0.25, 0.3) is 0 Å². The van der Waals surface area contributed by atoms with Crippen LogP contribution in [0.2, 0.25) is 0 Å². The lowest BCUT2D eigenvalue weighted by Crippen LogP contribution is -2.36. The molecule has 0 saturated heterocycles. The van der Waals surface area contributed by atoms with Crippen molar-refractivity contribution in [1.29, 1.82) is 0 Å². The molecule has 17 heavy (non-hydrogen) atoms. The molecule has 4 nitrogen and oxygen atoms in total. The van der Waals surface area contributed by atoms with Crippen LogP contribution in [0.1, 0.15) is 45.4 Å². The fourth-order valence-electron chi connectivity index (χ4n) is 2.88. The van der Waals surface area contributed by atoms with Crippen molar-refractivity contribution >= 4 is 11.9 Å². The molecule has 2 rings (SSSR count). The Bertz CT molecular complexity index is 310. The highest BCUT2D eigenvalue weighted by Gasteiger charge is 2.44. The van der Waals surface area contributed by atoms with Crippen molar-refractivity contribution in [2.45, 2.75) is 51.5 Å². The molecule has 0 bridgehead atoms. The van der Waals surface area contributed by atoms with Crippen molar-refractivity contribution in [3.63, 3.8) is 0 Å². The molecular weight excluding hydrogens is 218 g/mol. The van der Waals surface area contributed by atoms with Gasteiger partial charge in [-0.3, -0.25) is 9.59 Å². The van der Waals surface area contributed by atoms with Gasteiger partial charge in [0.2, 0.25) is 5.91 Å². The van der Waals surface area contributed by atoms with Crippen LogP contribution >= 0.6 is 0 Å². The van der Waals surface area contributed by atoms with Crippen LogP contribution in [-0.4, -0.2) is 23.0 Å². The summed E-state index contributed by atoms with van der Waals surface area (Å²) in [6.07, 6.45) is 7.58. The number of hydrogen-bond acceptors (Lipinski definition) is 2. The smallest absolute Gasteiger partial charge is 0.315 e. The Hall–Kier alpha value is -1.06. The summed E-state index contributed by atoms with van der Waals surface area (Å²) in [7, 11) is 0. The molecule has 0 spiro atoms. The van der Waals surface area contributed by atoms with Crippen molar-refractivity contribution in [2.24, 2.45) is 17.8 Å². The molecule has 2 fully saturated rings. The maximum atomic E-state index is 11.6. The van der Waals surface area contributed by atoms with Crippen molar-refractivity contribution in [2.75, 3.05) is 0 Å². The SMILES string of the molecule is CC(C(=O)O)C(=O)N[C@@H]1C[C@H]1C1CCCCC1. The van der Waals surface area contributed by atoms with Gasteiger partial charge in [-0.1, -0.05) is 32.1 Å². The molecule has 1 unspecified atom stereocenters. The van der Waals surface area contributed by atoms with Gasteiger partial charge in [0.1, 0.15) is 5.92 Å². The first-order chi connectivity index (χ1) is 8.09. The van der Waals surface area contributed by atoms with E-state index in [9.17, 15) is 9.59 Å². The van der Waals surface area contributed by atoms with Gasteiger partial charge in [0.25, 0.3) is 0 Å². The summed E-state index contributed by atoms with van der Waals surface area (Å²) < 4.78 is 0. The summed E-state index contributed by atoms with van der Waals surface area (Å²) in [5.74, 6) is -0.935. The van der Waals surface area contributed by atoms with E-state index in [1.165, 1.54) is 39.0 Å². The summed E-state index contributed by atoms with van der Waals surface area (Å²) in [6.45, 7) is 1.44. The highest BCUT2D eigenvalue weighted by molar-refractivity contribution is 5.96. The van der Waals surface area contributed by atoms with E-state index in [0.717, 1.165) is 12.3 Å². The molecule has 0 aromatic carbocycles. The Morgan fingerprint density at radius 2 is 1.88 bits per heavy atom. The zero-order valence-electron chi connectivity index (χ0n) is 10.3. The molecule has 2 aliphatic carbocycles. The predicted molar refractivity (Wildman–Crippen MR) is 63.4 cm³/mol. The lowest BCUT2D eigenvalue weighted by molar-refractivity contribution is -0.146. The number of carboxylic acids is 1. The van der Waals surface area contributed by atoms with Gasteiger partial charge in [0.15, 0.2) is 0 Å². The number of aliphatic carboxylic acids is 1. The highest BCUT2D eigenvalue weighted by atomic mass is 16.4. The molecular formula is C13H21NO3. The largest absolute Gasteiger partial charge is 0.481 e. The lowest BCUT2D eigenvalue weighted by atomic mass is 9.85. The van der Waals surface area contributed by atoms with Crippen LogP contribution in [0, 0.1) is 17.8 Å². The second-order valence-corrected chi connectivity index (χ2v) is 5.47. The van der Waals surface area contributed by atoms with Crippen LogP contribution in [0.15, 0.2) is 0 Å². The van der Waals surface area contributed by atoms with E-state index in [1.807, 2.05) is 0 Å². The van der Waals surface area contributed by atoms with E-state index in [-0.39, 0.29) is 11.9 Å². The van der Waals surface area contributed by atoms with Gasteiger partial charge >= 0.3 is 5.97 Å². The molecule has 3 atom stereocenters. The van der Waals surface area contributed by atoms with Crippen LogP contribution in [0.4, 0.5) is 0 Å². The summed E-state index contributed by atoms with van der Waals surface area (Å²) in [5, 5.41) is 11.6. The predicted octanol–water partition coefficient (Wildman–Crippen LogP) is 1.79. The molecule has 96 valence electrons. The van der Waals surface area contributed by atoms with E-state index in [2.05, 4.69) is 5.32 Å². The zero-order chi connectivity index (χ0) is 12.4. The Labute approximate surface area is 102 Å². The highest BCUT2D eigenvalue weighted by Crippen LogP contribution is 2.44. The summed E-state index contributed by atoms with van der Waals surface area (Å²) in [5.41, 5.74) is 0. The minimum atomic E-state index is -1.04. The number of amides is 1. The summed E-state index contributed by atoms with van der Waals surface area (Å²) in [4.78, 5) is 22.2. The van der Waals surface area contributed by atoms with Gasteiger partial charge in [-0.25, -0.2) is 0 Å². The maximum absolute atomic E-state index is 11.6. The zero-order valence-corrected chi connectivity index (χ0v) is 10.3. The van der Waals surface area contributed by atoms with Gasteiger partial charge in [-0.05, 0) is 25.2 Å². The summed E-state index contributed by atoms with van der Waals surface area (Å²) in [6, 6.07) is 0.243. The van der Waals surface area contributed by atoms with Gasteiger partial charge in [-0.15, -0.1) is 0 Å². The first-order valence-corrected chi connectivity index (χ1v) is 6.62. The third kappa shape index (κ3) is 2.99. The minimum absolute atomic E-state index is 0.243. The standard InChI is InChI=1S/C13H21NO3/c1-8(13(16)17)12(15)14-11-7-10(11)9-5-3-2-4-6-9/h8-11H,2-7H2,1H3,(H,14,15)(H,16,17)/t8?,10-,11+/m0/s1. The van der Waals surface area contributed by atoms with Gasteiger partial charge in [0, 0.05) is 6.04 Å². The van der Waals surface area contributed by atoms with Gasteiger partial charge in [-0.2, -0.15) is 0 Å². The van der Waals surface area contributed by atoms with E-state index in [0.29, 0.717) is 5.92 Å². The number of carboxylic acid groups (broad SMARTS) is 1. The van der Waals surface area contributed by atoms with E-state index >= 15 is 0 Å². The molecule has 0 aromatic rings. The second-order valence-electron chi connectivity index (χ2n) is 5.47. The Kier molecular flexibility index (Phi) is 3.69. The maximum Gasteiger partial charge on any atom is 0.315 e. The molecule has 2 N–H and O–H groups in total. The number of carbonyl (C=O) groups is 2. The third-order valence-corrected chi connectivity index (χ3v) is 4.19. The normalized spacial score (nSPS) is 30.6. The molecule has 0 aliphatic heterocycles. The Morgan fingerprint density at radius 1 is 1.24 bits per heavy atom. The van der Waals surface area contributed by atoms with E-state index in [4.69, 9.17) is 5.11 Å². The first-order valence-electron chi connectivity index (χ1n) is 6.62. The number of nitrogens with one attached hydrogen (secondary N) is 1. The van der Waals surface area contributed by atoms with Crippen LogP contribution in [-0.2, 0) is 9.59 Å². The van der Waals surface area contributed by atoms with Crippen molar-refractivity contribution in [3.05, 3.63) is 0 Å². The van der Waals surface area contributed by atoms with E-state index < -0.39 is 11.9 Å². The molecule has 2 aliphatic rings. The minimum Gasteiger partial charge on any atom is -0.481 e.